The highest BCUT2D eigenvalue weighted by atomic mass is 32.2. The number of hydrogen-bond donors (Lipinski definition) is 2. The van der Waals surface area contributed by atoms with Crippen LogP contribution in [0.2, 0.25) is 0 Å². The molecule has 3 N–H and O–H groups in total. The molecular formula is C20H23N3O6S. The molecule has 2 rings (SSSR count). The molecule has 0 aliphatic carbocycles. The zero-order valence-corrected chi connectivity index (χ0v) is 17.4. The molecule has 2 aromatic rings. The SMILES string of the molecule is CCN(CC)S(=O)(=O)c1cccc(NC(=O)COC(=O)c2ccc(C(N)=O)cc2)c1. The molecule has 0 radical (unpaired) electrons. The van der Waals surface area contributed by atoms with Gasteiger partial charge in [-0.15, -0.1) is 0 Å². The van der Waals surface area contributed by atoms with Crippen molar-refractivity contribution in [3.05, 3.63) is 59.7 Å². The number of rotatable bonds is 9. The predicted octanol–water partition coefficient (Wildman–Crippen LogP) is 1.61. The molecule has 9 nitrogen and oxygen atoms in total. The lowest BCUT2D eigenvalue weighted by molar-refractivity contribution is -0.119. The molecule has 0 aliphatic heterocycles. The minimum Gasteiger partial charge on any atom is -0.452 e. The van der Waals surface area contributed by atoms with Gasteiger partial charge in [0.25, 0.3) is 5.91 Å². The van der Waals surface area contributed by atoms with Crippen molar-refractivity contribution in [1.82, 2.24) is 4.31 Å². The summed E-state index contributed by atoms with van der Waals surface area (Å²) >= 11 is 0. The first-order valence-electron chi connectivity index (χ1n) is 9.16. The number of nitrogens with two attached hydrogens (primary N) is 1. The predicted molar refractivity (Wildman–Crippen MR) is 110 cm³/mol. The highest BCUT2D eigenvalue weighted by Crippen LogP contribution is 2.19. The Morgan fingerprint density at radius 1 is 1.00 bits per heavy atom. The molecule has 0 aromatic heterocycles. The molecule has 10 heteroatoms. The largest absolute Gasteiger partial charge is 0.452 e. The first kappa shape index (κ1) is 23.0. The number of nitrogens with zero attached hydrogens (tertiary/aromatic N) is 1. The van der Waals surface area contributed by atoms with Gasteiger partial charge in [-0.2, -0.15) is 4.31 Å². The second-order valence-corrected chi connectivity index (χ2v) is 8.12. The summed E-state index contributed by atoms with van der Waals surface area (Å²) in [7, 11) is -3.67. The molecule has 0 unspecified atom stereocenters. The number of amides is 2. The molecule has 0 aliphatic rings. The number of primary amides is 1. The summed E-state index contributed by atoms with van der Waals surface area (Å²) in [6, 6.07) is 11.3. The number of anilines is 1. The Morgan fingerprint density at radius 2 is 1.60 bits per heavy atom. The Labute approximate surface area is 174 Å². The molecule has 0 heterocycles. The number of carbonyl (C=O) groups is 3. The van der Waals surface area contributed by atoms with Crippen molar-refractivity contribution in [3.8, 4) is 0 Å². The van der Waals surface area contributed by atoms with E-state index < -0.39 is 34.4 Å². The number of nitrogens with one attached hydrogen (secondary N) is 1. The summed E-state index contributed by atoms with van der Waals surface area (Å²) < 4.78 is 31.4. The smallest absolute Gasteiger partial charge is 0.338 e. The Hall–Kier alpha value is -3.24. The number of benzene rings is 2. The van der Waals surface area contributed by atoms with E-state index in [2.05, 4.69) is 5.32 Å². The summed E-state index contributed by atoms with van der Waals surface area (Å²) in [5.74, 6) is -2.01. The van der Waals surface area contributed by atoms with Crippen molar-refractivity contribution in [3.63, 3.8) is 0 Å². The summed E-state index contributed by atoms with van der Waals surface area (Å²) in [5, 5.41) is 2.50. The van der Waals surface area contributed by atoms with E-state index in [0.29, 0.717) is 13.1 Å². The van der Waals surface area contributed by atoms with Crippen LogP contribution in [0.25, 0.3) is 0 Å². The quantitative estimate of drug-likeness (QED) is 0.577. The van der Waals surface area contributed by atoms with Crippen LogP contribution in [0.4, 0.5) is 5.69 Å². The van der Waals surface area contributed by atoms with E-state index in [1.165, 1.54) is 52.8 Å². The van der Waals surface area contributed by atoms with Gasteiger partial charge in [0.2, 0.25) is 15.9 Å². The monoisotopic (exact) mass is 433 g/mol. The molecule has 2 aromatic carbocycles. The van der Waals surface area contributed by atoms with Crippen LogP contribution in [0.15, 0.2) is 53.4 Å². The normalized spacial score (nSPS) is 11.2. The lowest BCUT2D eigenvalue weighted by atomic mass is 10.1. The molecule has 0 atom stereocenters. The van der Waals surface area contributed by atoms with Gasteiger partial charge in [0.1, 0.15) is 0 Å². The third kappa shape index (κ3) is 5.65. The topological polar surface area (TPSA) is 136 Å². The average molecular weight is 433 g/mol. The Balaban J connectivity index is 2.00. The molecule has 30 heavy (non-hydrogen) atoms. The maximum absolute atomic E-state index is 12.6. The van der Waals surface area contributed by atoms with Crippen molar-refractivity contribution < 1.29 is 27.5 Å². The Morgan fingerprint density at radius 3 is 2.17 bits per heavy atom. The summed E-state index contributed by atoms with van der Waals surface area (Å²) in [6.07, 6.45) is 0. The summed E-state index contributed by atoms with van der Waals surface area (Å²) in [4.78, 5) is 35.2. The van der Waals surface area contributed by atoms with E-state index in [1.807, 2.05) is 0 Å². The second kappa shape index (κ2) is 9.99. The zero-order valence-electron chi connectivity index (χ0n) is 16.6. The van der Waals surface area contributed by atoms with Gasteiger partial charge >= 0.3 is 5.97 Å². The molecule has 160 valence electrons. The highest BCUT2D eigenvalue weighted by molar-refractivity contribution is 7.89. The third-order valence-corrected chi connectivity index (χ3v) is 6.25. The maximum atomic E-state index is 12.6. The first-order chi connectivity index (χ1) is 14.2. The summed E-state index contributed by atoms with van der Waals surface area (Å²) in [5.41, 5.74) is 5.78. The standard InChI is InChI=1S/C20H23N3O6S/c1-3-23(4-2)30(27,28)17-7-5-6-16(12-17)22-18(24)13-29-20(26)15-10-8-14(9-11-15)19(21)25/h5-12H,3-4,13H2,1-2H3,(H2,21,25)(H,22,24). The van der Waals surface area contributed by atoms with Crippen molar-refractivity contribution in [1.29, 1.82) is 0 Å². The minimum absolute atomic E-state index is 0.0514. The number of ether oxygens (including phenoxy) is 1. The summed E-state index contributed by atoms with van der Waals surface area (Å²) in [6.45, 7) is 3.56. The second-order valence-electron chi connectivity index (χ2n) is 6.18. The van der Waals surface area contributed by atoms with Crippen LogP contribution in [0.5, 0.6) is 0 Å². The van der Waals surface area contributed by atoms with Gasteiger partial charge in [-0.25, -0.2) is 13.2 Å². The lowest BCUT2D eigenvalue weighted by Crippen LogP contribution is -2.30. The highest BCUT2D eigenvalue weighted by Gasteiger charge is 2.22. The fourth-order valence-electron chi connectivity index (χ4n) is 2.63. The van der Waals surface area contributed by atoms with E-state index in [1.54, 1.807) is 13.8 Å². The van der Waals surface area contributed by atoms with E-state index in [4.69, 9.17) is 10.5 Å². The number of esters is 1. The fourth-order valence-corrected chi connectivity index (χ4v) is 4.13. The van der Waals surface area contributed by atoms with Crippen molar-refractivity contribution in [2.24, 2.45) is 5.73 Å². The molecule has 0 saturated carbocycles. The molecular weight excluding hydrogens is 410 g/mol. The van der Waals surface area contributed by atoms with Crippen LogP contribution in [0.1, 0.15) is 34.6 Å². The van der Waals surface area contributed by atoms with Crippen molar-refractivity contribution in [2.75, 3.05) is 25.0 Å². The van der Waals surface area contributed by atoms with Crippen LogP contribution in [-0.2, 0) is 19.6 Å². The van der Waals surface area contributed by atoms with Crippen molar-refractivity contribution >= 4 is 33.5 Å². The molecule has 0 bridgehead atoms. The van der Waals surface area contributed by atoms with Gasteiger partial charge in [0, 0.05) is 24.3 Å². The van der Waals surface area contributed by atoms with E-state index in [9.17, 15) is 22.8 Å². The first-order valence-corrected chi connectivity index (χ1v) is 10.6. The molecule has 2 amide bonds. The number of hydrogen-bond acceptors (Lipinski definition) is 6. The number of sulfonamides is 1. The van der Waals surface area contributed by atoms with E-state index in [-0.39, 0.29) is 21.7 Å². The Kier molecular flexibility index (Phi) is 7.67. The lowest BCUT2D eigenvalue weighted by Gasteiger charge is -2.18. The van der Waals surface area contributed by atoms with Gasteiger partial charge in [0.15, 0.2) is 6.61 Å². The Bertz CT molecular complexity index is 1030. The van der Waals surface area contributed by atoms with Gasteiger partial charge in [0.05, 0.1) is 10.5 Å². The van der Waals surface area contributed by atoms with Crippen LogP contribution in [-0.4, -0.2) is 50.2 Å². The van der Waals surface area contributed by atoms with Crippen LogP contribution in [0.3, 0.4) is 0 Å². The van der Waals surface area contributed by atoms with E-state index >= 15 is 0 Å². The number of carbonyl (C=O) groups excluding carboxylic acids is 3. The van der Waals surface area contributed by atoms with Gasteiger partial charge in [-0.1, -0.05) is 19.9 Å². The van der Waals surface area contributed by atoms with Crippen LogP contribution >= 0.6 is 0 Å². The van der Waals surface area contributed by atoms with Gasteiger partial charge in [-0.05, 0) is 42.5 Å². The van der Waals surface area contributed by atoms with Crippen LogP contribution in [0, 0.1) is 0 Å². The third-order valence-electron chi connectivity index (χ3n) is 4.20. The molecule has 0 fully saturated rings. The van der Waals surface area contributed by atoms with E-state index in [0.717, 1.165) is 0 Å². The van der Waals surface area contributed by atoms with Gasteiger partial charge < -0.3 is 15.8 Å². The fraction of sp³-hybridized carbons (Fsp3) is 0.250. The van der Waals surface area contributed by atoms with Crippen LogP contribution < -0.4 is 11.1 Å². The minimum atomic E-state index is -3.67. The van der Waals surface area contributed by atoms with Crippen molar-refractivity contribution in [2.45, 2.75) is 18.7 Å². The molecule has 0 spiro atoms. The maximum Gasteiger partial charge on any atom is 0.338 e. The average Bonchev–Trinajstić information content (AvgIpc) is 2.73. The molecule has 0 saturated heterocycles. The zero-order chi connectivity index (χ0) is 22.3. The van der Waals surface area contributed by atoms with Gasteiger partial charge in [-0.3, -0.25) is 9.59 Å².